The van der Waals surface area contributed by atoms with Crippen LogP contribution in [0.5, 0.6) is 0 Å². The second-order valence-corrected chi connectivity index (χ2v) is 7.38. The van der Waals surface area contributed by atoms with Crippen LogP contribution in [0.2, 0.25) is 0 Å². The molecule has 1 aromatic heterocycles. The van der Waals surface area contributed by atoms with Gasteiger partial charge in [0.15, 0.2) is 0 Å². The molecule has 0 atom stereocenters. The van der Waals surface area contributed by atoms with Crippen molar-refractivity contribution in [2.24, 2.45) is 4.99 Å². The molecule has 0 radical (unpaired) electrons. The Balaban J connectivity index is 1.41. The van der Waals surface area contributed by atoms with E-state index in [0.717, 1.165) is 11.0 Å². The molecule has 4 rings (SSSR count). The Hall–Kier alpha value is -3.20. The van der Waals surface area contributed by atoms with Crippen LogP contribution in [-0.2, 0) is 14.8 Å². The molecule has 1 aliphatic rings. The van der Waals surface area contributed by atoms with Gasteiger partial charge < -0.3 is 4.98 Å². The van der Waals surface area contributed by atoms with Gasteiger partial charge in [-0.2, -0.15) is 0 Å². The average Bonchev–Trinajstić information content (AvgIpc) is 3.13. The second kappa shape index (κ2) is 6.26. The number of H-pyrrole nitrogens is 1. The first-order valence-electron chi connectivity index (χ1n) is 7.94. The van der Waals surface area contributed by atoms with Gasteiger partial charge in [-0.05, 0) is 24.3 Å². The van der Waals surface area contributed by atoms with Crippen LogP contribution < -0.4 is 10.0 Å². The van der Waals surface area contributed by atoms with E-state index in [4.69, 9.17) is 0 Å². The van der Waals surface area contributed by atoms with Crippen molar-refractivity contribution >= 4 is 38.7 Å². The molecule has 26 heavy (non-hydrogen) atoms. The number of carbonyl (C=O) groups excluding carboxylic acids is 1. The number of para-hydroxylation sites is 2. The molecule has 3 N–H and O–H groups in total. The maximum atomic E-state index is 12.1. The summed E-state index contributed by atoms with van der Waals surface area (Å²) in [6, 6.07) is 14.1. The highest BCUT2D eigenvalue weighted by Gasteiger charge is 2.29. The topological polar surface area (TPSA) is 116 Å². The first-order valence-corrected chi connectivity index (χ1v) is 9.42. The van der Waals surface area contributed by atoms with Crippen LogP contribution in [0.3, 0.4) is 0 Å². The Labute approximate surface area is 149 Å². The van der Waals surface area contributed by atoms with Gasteiger partial charge in [-0.1, -0.05) is 24.3 Å². The molecule has 2 heterocycles. The lowest BCUT2D eigenvalue weighted by molar-refractivity contribution is -0.116. The number of amidine groups is 1. The molecule has 2 aromatic carbocycles. The zero-order valence-corrected chi connectivity index (χ0v) is 14.4. The minimum Gasteiger partial charge on any atom is -0.324 e. The molecule has 0 spiro atoms. The Kier molecular flexibility index (Phi) is 3.92. The van der Waals surface area contributed by atoms with E-state index in [1.165, 1.54) is 6.07 Å². The van der Waals surface area contributed by atoms with Crippen molar-refractivity contribution in [2.75, 3.05) is 11.9 Å². The maximum absolute atomic E-state index is 12.1. The molecule has 8 nitrogen and oxygen atoms in total. The van der Waals surface area contributed by atoms with Gasteiger partial charge in [0, 0.05) is 12.0 Å². The summed E-state index contributed by atoms with van der Waals surface area (Å²) < 4.78 is 26.4. The summed E-state index contributed by atoms with van der Waals surface area (Å²) in [6.45, 7) is 0.151. The van der Waals surface area contributed by atoms with Gasteiger partial charge in [0.25, 0.3) is 10.0 Å². The summed E-state index contributed by atoms with van der Waals surface area (Å²) in [5, 5.41) is 2.68. The van der Waals surface area contributed by atoms with Gasteiger partial charge in [0.1, 0.15) is 5.84 Å². The van der Waals surface area contributed by atoms with Crippen LogP contribution in [0.15, 0.2) is 58.4 Å². The number of aromatic nitrogens is 2. The van der Waals surface area contributed by atoms with Gasteiger partial charge in [-0.15, -0.1) is 0 Å². The molecule has 0 fully saturated rings. The van der Waals surface area contributed by atoms with Crippen molar-refractivity contribution in [1.29, 1.82) is 0 Å². The number of amides is 1. The monoisotopic (exact) mass is 369 g/mol. The third-order valence-electron chi connectivity index (χ3n) is 3.92. The molecule has 0 bridgehead atoms. The molecule has 0 aliphatic carbocycles. The Morgan fingerprint density at radius 3 is 2.73 bits per heavy atom. The fourth-order valence-corrected chi connectivity index (χ4v) is 3.98. The average molecular weight is 369 g/mol. The van der Waals surface area contributed by atoms with Crippen molar-refractivity contribution in [2.45, 2.75) is 11.3 Å². The molecule has 1 aliphatic heterocycles. The highest BCUT2D eigenvalue weighted by Crippen LogP contribution is 2.22. The van der Waals surface area contributed by atoms with E-state index in [1.54, 1.807) is 18.2 Å². The number of imidazole rings is 1. The summed E-state index contributed by atoms with van der Waals surface area (Å²) in [5.74, 6) is 0.371. The fourth-order valence-electron chi connectivity index (χ4n) is 2.73. The SMILES string of the molecule is O=C(CCN=C1NS(=O)(=O)c2ccccc21)Nc1nc2ccccc2[nH]1. The Bertz CT molecular complexity index is 1100. The molecule has 3 aromatic rings. The predicted molar refractivity (Wildman–Crippen MR) is 97.5 cm³/mol. The number of fused-ring (bicyclic) bond motifs is 2. The zero-order chi connectivity index (χ0) is 18.1. The lowest BCUT2D eigenvalue weighted by Crippen LogP contribution is -2.23. The van der Waals surface area contributed by atoms with E-state index in [9.17, 15) is 13.2 Å². The van der Waals surface area contributed by atoms with E-state index >= 15 is 0 Å². The van der Waals surface area contributed by atoms with Gasteiger partial charge in [0.2, 0.25) is 11.9 Å². The van der Waals surface area contributed by atoms with Crippen molar-refractivity contribution in [1.82, 2.24) is 14.7 Å². The van der Waals surface area contributed by atoms with Gasteiger partial charge in [-0.25, -0.2) is 13.4 Å². The van der Waals surface area contributed by atoms with Gasteiger partial charge >= 0.3 is 0 Å². The van der Waals surface area contributed by atoms with Crippen molar-refractivity contribution in [3.8, 4) is 0 Å². The number of hydrogen-bond acceptors (Lipinski definition) is 5. The molecule has 1 amide bonds. The maximum Gasteiger partial charge on any atom is 0.263 e. The van der Waals surface area contributed by atoms with E-state index in [0.29, 0.717) is 11.5 Å². The quantitative estimate of drug-likeness (QED) is 0.648. The zero-order valence-electron chi connectivity index (χ0n) is 13.6. The number of anilines is 1. The van der Waals surface area contributed by atoms with Crippen molar-refractivity contribution in [3.05, 3.63) is 54.1 Å². The van der Waals surface area contributed by atoms with Crippen LogP contribution in [0.25, 0.3) is 11.0 Å². The Morgan fingerprint density at radius 2 is 1.88 bits per heavy atom. The summed E-state index contributed by atoms with van der Waals surface area (Å²) in [6.07, 6.45) is 0.102. The Morgan fingerprint density at radius 1 is 1.12 bits per heavy atom. The predicted octanol–water partition coefficient (Wildman–Crippen LogP) is 1.63. The van der Waals surface area contributed by atoms with Crippen molar-refractivity contribution in [3.63, 3.8) is 0 Å². The normalized spacial score (nSPS) is 16.4. The minimum atomic E-state index is -3.57. The van der Waals surface area contributed by atoms with E-state index in [2.05, 4.69) is 25.0 Å². The molecule has 0 saturated carbocycles. The lowest BCUT2D eigenvalue weighted by Gasteiger charge is -2.01. The number of sulfonamides is 1. The third-order valence-corrected chi connectivity index (χ3v) is 5.32. The standard InChI is InChI=1S/C17H15N5O3S/c23-15(21-17-19-12-6-2-3-7-13(12)20-17)9-10-18-16-11-5-1-4-8-14(11)26(24,25)22-16/h1-8H,9-10H2,(H,18,22)(H2,19,20,21,23). The number of aliphatic imine (C=N–C) groups is 1. The van der Waals surface area contributed by atoms with Crippen LogP contribution in [0.4, 0.5) is 5.95 Å². The number of nitrogens with one attached hydrogen (secondary N) is 3. The number of rotatable bonds is 4. The van der Waals surface area contributed by atoms with E-state index in [1.807, 2.05) is 24.3 Å². The van der Waals surface area contributed by atoms with Gasteiger partial charge in [-0.3, -0.25) is 19.8 Å². The summed E-state index contributed by atoms with van der Waals surface area (Å²) in [7, 11) is -3.57. The largest absolute Gasteiger partial charge is 0.324 e. The molecule has 132 valence electrons. The van der Waals surface area contributed by atoms with Crippen LogP contribution in [0, 0.1) is 0 Å². The number of nitrogens with zero attached hydrogens (tertiary/aromatic N) is 2. The van der Waals surface area contributed by atoms with Crippen molar-refractivity contribution < 1.29 is 13.2 Å². The van der Waals surface area contributed by atoms with Crippen LogP contribution in [-0.4, -0.2) is 36.7 Å². The number of carbonyl (C=O) groups is 1. The fraction of sp³-hybridized carbons (Fsp3) is 0.118. The smallest absolute Gasteiger partial charge is 0.263 e. The first-order chi connectivity index (χ1) is 12.5. The van der Waals surface area contributed by atoms with Gasteiger partial charge in [0.05, 0.1) is 22.5 Å². The van der Waals surface area contributed by atoms with Crippen LogP contribution in [0.1, 0.15) is 12.0 Å². The number of hydrogen-bond donors (Lipinski definition) is 3. The minimum absolute atomic E-state index is 0.102. The highest BCUT2D eigenvalue weighted by molar-refractivity contribution is 7.90. The van der Waals surface area contributed by atoms with E-state index in [-0.39, 0.29) is 29.6 Å². The highest BCUT2D eigenvalue weighted by atomic mass is 32.2. The molecular formula is C17H15N5O3S. The van der Waals surface area contributed by atoms with Crippen LogP contribution >= 0.6 is 0 Å². The second-order valence-electron chi connectivity index (χ2n) is 5.73. The molecule has 0 unspecified atom stereocenters. The first kappa shape index (κ1) is 16.3. The molecule has 9 heteroatoms. The summed E-state index contributed by atoms with van der Waals surface area (Å²) in [5.41, 5.74) is 2.12. The number of benzene rings is 2. The molecule has 0 saturated heterocycles. The summed E-state index contributed by atoms with van der Waals surface area (Å²) >= 11 is 0. The number of aromatic amines is 1. The van der Waals surface area contributed by atoms with E-state index < -0.39 is 10.0 Å². The lowest BCUT2D eigenvalue weighted by atomic mass is 10.2. The molecular weight excluding hydrogens is 354 g/mol. The third kappa shape index (κ3) is 3.04. The summed E-state index contributed by atoms with van der Waals surface area (Å²) in [4.78, 5) is 23.8.